The number of hydrogen-bond donors (Lipinski definition) is 1. The van der Waals surface area contributed by atoms with E-state index in [0.717, 1.165) is 0 Å². The molecule has 0 aromatic rings. The van der Waals surface area contributed by atoms with Gasteiger partial charge in [0.25, 0.3) is 0 Å². The minimum absolute atomic E-state index is 0.126. The molecule has 0 radical (unpaired) electrons. The van der Waals surface area contributed by atoms with Gasteiger partial charge in [-0.15, -0.1) is 4.52 Å². The third-order valence-corrected chi connectivity index (χ3v) is 1.50. The van der Waals surface area contributed by atoms with Crippen LogP contribution < -0.4 is 0 Å². The van der Waals surface area contributed by atoms with Crippen LogP contribution in [0.1, 0.15) is 6.92 Å². The van der Waals surface area contributed by atoms with Gasteiger partial charge in [-0.3, -0.25) is 0 Å². The van der Waals surface area contributed by atoms with Crippen LogP contribution in [0.25, 0.3) is 0 Å². The summed E-state index contributed by atoms with van der Waals surface area (Å²) in [5.41, 5.74) is 0.144. The Morgan fingerprint density at radius 1 is 1.67 bits per heavy atom. The molecule has 0 saturated heterocycles. The lowest BCUT2D eigenvalue weighted by atomic mass is 10.4. The van der Waals surface area contributed by atoms with E-state index in [-0.39, 0.29) is 18.8 Å². The Kier molecular flexibility index (Phi) is 5.45. The first kappa shape index (κ1) is 11.2. The third kappa shape index (κ3) is 4.96. The monoisotopic (exact) mass is 193 g/mol. The van der Waals surface area contributed by atoms with E-state index in [1.165, 1.54) is 6.92 Å². The molecule has 5 nitrogen and oxygen atoms in total. The molecule has 1 N–H and O–H groups in total. The molecule has 0 bridgehead atoms. The first-order valence-corrected chi connectivity index (χ1v) is 4.26. The van der Waals surface area contributed by atoms with Crippen LogP contribution in [0.15, 0.2) is 12.2 Å². The molecule has 0 saturated carbocycles. The Labute approximate surface area is 70.9 Å². The molecule has 1 unspecified atom stereocenters. The van der Waals surface area contributed by atoms with Gasteiger partial charge < -0.3 is 5.11 Å². The topological polar surface area (TPSA) is 72.8 Å². The van der Waals surface area contributed by atoms with Crippen LogP contribution in [0.4, 0.5) is 0 Å². The fraction of sp³-hybridized carbons (Fsp3) is 0.500. The Balaban J connectivity index is 3.69. The molecule has 0 heterocycles. The zero-order valence-electron chi connectivity index (χ0n) is 6.65. The van der Waals surface area contributed by atoms with Crippen molar-refractivity contribution >= 4 is 14.2 Å². The van der Waals surface area contributed by atoms with Crippen molar-refractivity contribution < 1.29 is 23.5 Å². The van der Waals surface area contributed by atoms with Crippen molar-refractivity contribution in [1.29, 1.82) is 0 Å². The number of carbonyl (C=O) groups excluding carboxylic acids is 1. The van der Waals surface area contributed by atoms with E-state index >= 15 is 0 Å². The molecule has 0 aliphatic carbocycles. The molecule has 0 amide bonds. The maximum Gasteiger partial charge on any atom is 0.753 e. The molecular formula is C6H10O5P+. The second-order valence-electron chi connectivity index (χ2n) is 1.94. The number of aliphatic hydroxyl groups excluding tert-OH is 1. The van der Waals surface area contributed by atoms with E-state index in [2.05, 4.69) is 15.6 Å². The summed E-state index contributed by atoms with van der Waals surface area (Å²) in [5.74, 6) is -0.769. The van der Waals surface area contributed by atoms with E-state index in [1.54, 1.807) is 0 Å². The zero-order valence-corrected chi connectivity index (χ0v) is 7.54. The summed E-state index contributed by atoms with van der Waals surface area (Å²) < 4.78 is 19.3. The maximum absolute atomic E-state index is 10.7. The van der Waals surface area contributed by atoms with Crippen molar-refractivity contribution in [1.82, 2.24) is 0 Å². The standard InChI is InChI=1S/C6H10O5P/c1-5(2)6(8)11-12(9)10-4-3-7/h7H,1,3-4H2,2H3/q+1. The summed E-state index contributed by atoms with van der Waals surface area (Å²) in [4.78, 5) is 10.7. The Hall–Kier alpha value is -0.770. The van der Waals surface area contributed by atoms with Crippen LogP contribution in [0, 0.1) is 0 Å². The van der Waals surface area contributed by atoms with Crippen LogP contribution in [0.3, 0.4) is 0 Å². The number of rotatable bonds is 5. The van der Waals surface area contributed by atoms with Crippen LogP contribution in [0.5, 0.6) is 0 Å². The van der Waals surface area contributed by atoms with Crippen LogP contribution in [0.2, 0.25) is 0 Å². The summed E-state index contributed by atoms with van der Waals surface area (Å²) in [6.45, 7) is 4.31. The minimum Gasteiger partial charge on any atom is -0.394 e. The van der Waals surface area contributed by atoms with Crippen molar-refractivity contribution in [3.63, 3.8) is 0 Å². The van der Waals surface area contributed by atoms with Crippen molar-refractivity contribution in [2.45, 2.75) is 6.92 Å². The highest BCUT2D eigenvalue weighted by Gasteiger charge is 2.25. The summed E-state index contributed by atoms with van der Waals surface area (Å²) in [6, 6.07) is 0. The average Bonchev–Trinajstić information content (AvgIpc) is 2.00. The molecule has 0 aliphatic heterocycles. The summed E-state index contributed by atoms with van der Waals surface area (Å²) >= 11 is 0. The van der Waals surface area contributed by atoms with Crippen LogP contribution in [-0.2, 0) is 18.4 Å². The predicted molar refractivity (Wildman–Crippen MR) is 41.6 cm³/mol. The second-order valence-corrected chi connectivity index (χ2v) is 2.83. The second kappa shape index (κ2) is 5.83. The summed E-state index contributed by atoms with van der Waals surface area (Å²) in [6.07, 6.45) is 0. The first-order valence-electron chi connectivity index (χ1n) is 3.16. The van der Waals surface area contributed by atoms with E-state index in [0.29, 0.717) is 0 Å². The van der Waals surface area contributed by atoms with Crippen molar-refractivity contribution in [3.05, 3.63) is 12.2 Å². The van der Waals surface area contributed by atoms with E-state index in [9.17, 15) is 9.36 Å². The van der Waals surface area contributed by atoms with Gasteiger partial charge in [-0.2, -0.15) is 4.52 Å². The molecular weight excluding hydrogens is 183 g/mol. The number of hydrogen-bond acceptors (Lipinski definition) is 5. The predicted octanol–water partition coefficient (Wildman–Crippen LogP) is 0.772. The molecule has 0 spiro atoms. The van der Waals surface area contributed by atoms with Crippen molar-refractivity contribution in [2.24, 2.45) is 0 Å². The molecule has 0 rings (SSSR count). The Morgan fingerprint density at radius 2 is 2.25 bits per heavy atom. The lowest BCUT2D eigenvalue weighted by molar-refractivity contribution is -0.130. The average molecular weight is 193 g/mol. The van der Waals surface area contributed by atoms with Crippen molar-refractivity contribution in [2.75, 3.05) is 13.2 Å². The fourth-order valence-electron chi connectivity index (χ4n) is 0.287. The quantitative estimate of drug-likeness (QED) is 0.515. The van der Waals surface area contributed by atoms with E-state index in [1.807, 2.05) is 0 Å². The van der Waals surface area contributed by atoms with Gasteiger partial charge in [0.2, 0.25) is 0 Å². The molecule has 1 atom stereocenters. The van der Waals surface area contributed by atoms with Crippen LogP contribution >= 0.6 is 8.25 Å². The van der Waals surface area contributed by atoms with E-state index in [4.69, 9.17) is 5.11 Å². The SMILES string of the molecule is C=C(C)C(=O)O[P+](=O)OCCO. The van der Waals surface area contributed by atoms with Gasteiger partial charge in [0.05, 0.1) is 6.61 Å². The molecule has 68 valence electrons. The number of carbonyl (C=O) groups is 1. The van der Waals surface area contributed by atoms with Gasteiger partial charge in [-0.05, 0) is 6.92 Å². The van der Waals surface area contributed by atoms with Crippen LogP contribution in [-0.4, -0.2) is 24.3 Å². The maximum atomic E-state index is 10.7. The first-order chi connectivity index (χ1) is 5.57. The molecule has 0 aliphatic rings. The molecule has 0 aromatic carbocycles. The van der Waals surface area contributed by atoms with Crippen molar-refractivity contribution in [3.8, 4) is 0 Å². The molecule has 0 aromatic heterocycles. The van der Waals surface area contributed by atoms with Gasteiger partial charge in [0.15, 0.2) is 0 Å². The molecule has 6 heteroatoms. The highest BCUT2D eigenvalue weighted by molar-refractivity contribution is 7.34. The van der Waals surface area contributed by atoms with Gasteiger partial charge in [-0.1, -0.05) is 6.58 Å². The van der Waals surface area contributed by atoms with Gasteiger partial charge in [-0.25, -0.2) is 4.79 Å². The van der Waals surface area contributed by atoms with Gasteiger partial charge >= 0.3 is 14.2 Å². The normalized spacial score (nSPS) is 10.7. The largest absolute Gasteiger partial charge is 0.753 e. The molecule has 0 fully saturated rings. The van der Waals surface area contributed by atoms with Gasteiger partial charge in [0, 0.05) is 10.1 Å². The number of aliphatic hydroxyl groups is 1. The fourth-order valence-corrected chi connectivity index (χ4v) is 0.862. The van der Waals surface area contributed by atoms with E-state index < -0.39 is 14.2 Å². The Bertz CT molecular complexity index is 200. The third-order valence-electron chi connectivity index (χ3n) is 0.794. The Morgan fingerprint density at radius 3 is 2.67 bits per heavy atom. The molecule has 12 heavy (non-hydrogen) atoms. The highest BCUT2D eigenvalue weighted by Crippen LogP contribution is 2.24. The minimum atomic E-state index is -2.48. The smallest absolute Gasteiger partial charge is 0.394 e. The lowest BCUT2D eigenvalue weighted by Gasteiger charge is -1.88. The van der Waals surface area contributed by atoms with Gasteiger partial charge in [0.1, 0.15) is 6.61 Å². The lowest BCUT2D eigenvalue weighted by Crippen LogP contribution is -2.01. The zero-order chi connectivity index (χ0) is 9.56. The summed E-state index contributed by atoms with van der Waals surface area (Å²) in [5, 5.41) is 8.25. The summed E-state index contributed by atoms with van der Waals surface area (Å²) in [7, 11) is -2.48. The highest BCUT2D eigenvalue weighted by atomic mass is 31.1.